The van der Waals surface area contributed by atoms with Gasteiger partial charge in [0.1, 0.15) is 12.6 Å². The van der Waals surface area contributed by atoms with Gasteiger partial charge in [0.15, 0.2) is 0 Å². The molecule has 0 bridgehead atoms. The molecule has 1 aliphatic heterocycles. The van der Waals surface area contributed by atoms with Crippen LogP contribution in [-0.2, 0) is 19.2 Å². The molecule has 0 aromatic rings. The van der Waals surface area contributed by atoms with Crippen molar-refractivity contribution in [2.75, 3.05) is 19.6 Å². The van der Waals surface area contributed by atoms with Gasteiger partial charge in [-0.15, -0.1) is 0 Å². The largest absolute Gasteiger partial charge is 0.480 e. The minimum absolute atomic E-state index is 0.0719. The van der Waals surface area contributed by atoms with Crippen LogP contribution in [-0.4, -0.2) is 69.4 Å². The predicted octanol–water partition coefficient (Wildman–Crippen LogP) is -0.615. The third-order valence-electron chi connectivity index (χ3n) is 3.23. The summed E-state index contributed by atoms with van der Waals surface area (Å²) in [6.45, 7) is 1.25. The second-order valence-electron chi connectivity index (χ2n) is 4.56. The van der Waals surface area contributed by atoms with E-state index in [-0.39, 0.29) is 13.1 Å². The van der Waals surface area contributed by atoms with Gasteiger partial charge in [-0.3, -0.25) is 14.4 Å². The molecule has 1 saturated heterocycles. The molecule has 0 saturated carbocycles. The van der Waals surface area contributed by atoms with Crippen LogP contribution in [0.5, 0.6) is 0 Å². The molecule has 0 aromatic heterocycles. The highest BCUT2D eigenvalue weighted by Gasteiger charge is 2.36. The van der Waals surface area contributed by atoms with Gasteiger partial charge in [0.05, 0.1) is 0 Å². The van der Waals surface area contributed by atoms with Crippen molar-refractivity contribution in [1.82, 2.24) is 9.80 Å². The lowest BCUT2D eigenvalue weighted by atomic mass is 10.0. The summed E-state index contributed by atoms with van der Waals surface area (Å²) in [5, 5.41) is 17.8. The van der Waals surface area contributed by atoms with E-state index in [2.05, 4.69) is 0 Å². The van der Waals surface area contributed by atoms with Crippen molar-refractivity contribution in [2.24, 2.45) is 0 Å². The van der Waals surface area contributed by atoms with E-state index >= 15 is 0 Å². The molecule has 0 aliphatic carbocycles. The molecular weight excluding hydrogens is 268 g/mol. The maximum Gasteiger partial charge on any atom is 0.326 e. The highest BCUT2D eigenvalue weighted by Crippen LogP contribution is 2.18. The van der Waals surface area contributed by atoms with Crippen LogP contribution >= 0.6 is 0 Å². The highest BCUT2D eigenvalue weighted by molar-refractivity contribution is 6.35. The zero-order valence-electron chi connectivity index (χ0n) is 11.2. The van der Waals surface area contributed by atoms with Crippen molar-refractivity contribution in [1.29, 1.82) is 0 Å². The molecule has 1 rings (SSSR count). The first-order chi connectivity index (χ1) is 9.38. The summed E-state index contributed by atoms with van der Waals surface area (Å²) >= 11 is 0. The number of hydrogen-bond acceptors (Lipinski definition) is 4. The van der Waals surface area contributed by atoms with Crippen LogP contribution in [0.4, 0.5) is 0 Å². The predicted molar refractivity (Wildman–Crippen MR) is 66.9 cm³/mol. The van der Waals surface area contributed by atoms with Gasteiger partial charge >= 0.3 is 23.8 Å². The Hall–Kier alpha value is -2.12. The van der Waals surface area contributed by atoms with Crippen molar-refractivity contribution in [2.45, 2.75) is 32.2 Å². The van der Waals surface area contributed by atoms with E-state index in [4.69, 9.17) is 10.2 Å². The molecule has 0 spiro atoms. The van der Waals surface area contributed by atoms with E-state index in [1.807, 2.05) is 0 Å². The number of likely N-dealkylation sites (tertiary alicyclic amines) is 1. The lowest BCUT2D eigenvalue weighted by molar-refractivity contribution is -0.160. The Morgan fingerprint density at radius 1 is 1.20 bits per heavy atom. The molecule has 112 valence electrons. The second-order valence-corrected chi connectivity index (χ2v) is 4.56. The van der Waals surface area contributed by atoms with Gasteiger partial charge in [-0.2, -0.15) is 0 Å². The number of likely N-dealkylation sites (N-methyl/N-ethyl adjacent to an activating group) is 1. The van der Waals surface area contributed by atoms with Gasteiger partial charge < -0.3 is 20.0 Å². The normalized spacial score (nSPS) is 18.4. The summed E-state index contributed by atoms with van der Waals surface area (Å²) in [6.07, 6.45) is 1.62. The summed E-state index contributed by atoms with van der Waals surface area (Å²) in [7, 11) is 0. The Bertz CT molecular complexity index is 422. The zero-order chi connectivity index (χ0) is 15.3. The number of carbonyl (C=O) groups excluding carboxylic acids is 2. The molecule has 2 amide bonds. The molecule has 1 heterocycles. The summed E-state index contributed by atoms with van der Waals surface area (Å²) in [4.78, 5) is 47.7. The van der Waals surface area contributed by atoms with Crippen molar-refractivity contribution < 1.29 is 29.4 Å². The van der Waals surface area contributed by atoms with E-state index in [1.54, 1.807) is 6.92 Å². The maximum absolute atomic E-state index is 12.1. The summed E-state index contributed by atoms with van der Waals surface area (Å²) in [5.74, 6) is -4.28. The third kappa shape index (κ3) is 3.69. The number of amides is 2. The topological polar surface area (TPSA) is 115 Å². The SMILES string of the molecule is CCN(CC(=O)O)C(=O)C(=O)N1CCCC[C@@H]1C(=O)O. The van der Waals surface area contributed by atoms with E-state index in [0.29, 0.717) is 19.3 Å². The number of carboxylic acid groups (broad SMARTS) is 2. The van der Waals surface area contributed by atoms with Crippen molar-refractivity contribution >= 4 is 23.8 Å². The Morgan fingerprint density at radius 3 is 2.35 bits per heavy atom. The average molecular weight is 286 g/mol. The molecule has 20 heavy (non-hydrogen) atoms. The van der Waals surface area contributed by atoms with Gasteiger partial charge in [0.2, 0.25) is 0 Å². The summed E-state index contributed by atoms with van der Waals surface area (Å²) < 4.78 is 0. The van der Waals surface area contributed by atoms with Gasteiger partial charge in [-0.1, -0.05) is 0 Å². The zero-order valence-corrected chi connectivity index (χ0v) is 11.2. The van der Waals surface area contributed by atoms with Gasteiger partial charge in [-0.05, 0) is 26.2 Å². The van der Waals surface area contributed by atoms with Crippen molar-refractivity contribution in [3.8, 4) is 0 Å². The Kier molecular flexibility index (Phi) is 5.48. The van der Waals surface area contributed by atoms with E-state index in [0.717, 1.165) is 9.80 Å². The number of carbonyl (C=O) groups is 4. The van der Waals surface area contributed by atoms with Gasteiger partial charge in [-0.25, -0.2) is 4.79 Å². The number of rotatable bonds is 4. The molecule has 1 fully saturated rings. The molecular formula is C12H18N2O6. The minimum atomic E-state index is -1.22. The molecule has 0 unspecified atom stereocenters. The van der Waals surface area contributed by atoms with Crippen LogP contribution < -0.4 is 0 Å². The molecule has 2 N–H and O–H groups in total. The fourth-order valence-corrected chi connectivity index (χ4v) is 2.18. The van der Waals surface area contributed by atoms with Gasteiger partial charge in [0, 0.05) is 13.1 Å². The number of piperidine rings is 1. The Labute approximate surface area is 116 Å². The first-order valence-corrected chi connectivity index (χ1v) is 6.43. The average Bonchev–Trinajstić information content (AvgIpc) is 2.42. The van der Waals surface area contributed by atoms with E-state index < -0.39 is 36.3 Å². The monoisotopic (exact) mass is 286 g/mol. The third-order valence-corrected chi connectivity index (χ3v) is 3.23. The highest BCUT2D eigenvalue weighted by atomic mass is 16.4. The number of carboxylic acids is 2. The maximum atomic E-state index is 12.1. The number of aliphatic carboxylic acids is 2. The molecule has 0 aromatic carbocycles. The van der Waals surface area contributed by atoms with Crippen molar-refractivity contribution in [3.63, 3.8) is 0 Å². The summed E-state index contributed by atoms with van der Waals surface area (Å²) in [6, 6.07) is -1.01. The number of hydrogen-bond donors (Lipinski definition) is 2. The van der Waals surface area contributed by atoms with Crippen molar-refractivity contribution in [3.05, 3.63) is 0 Å². The van der Waals surface area contributed by atoms with Gasteiger partial charge in [0.25, 0.3) is 0 Å². The molecule has 1 aliphatic rings. The fourth-order valence-electron chi connectivity index (χ4n) is 2.18. The van der Waals surface area contributed by atoms with Crippen LogP contribution in [0.1, 0.15) is 26.2 Å². The van der Waals surface area contributed by atoms with E-state index in [1.165, 1.54) is 0 Å². The molecule has 0 radical (unpaired) electrons. The number of nitrogens with zero attached hydrogens (tertiary/aromatic N) is 2. The Balaban J connectivity index is 2.82. The van der Waals surface area contributed by atoms with Crippen LogP contribution in [0.3, 0.4) is 0 Å². The molecule has 8 nitrogen and oxygen atoms in total. The standard InChI is InChI=1S/C12H18N2O6/c1-2-13(7-9(15)16)10(17)11(18)14-6-4-3-5-8(14)12(19)20/h8H,2-7H2,1H3,(H,15,16)(H,19,20)/t8-/m1/s1. The minimum Gasteiger partial charge on any atom is -0.480 e. The molecule has 8 heteroatoms. The smallest absolute Gasteiger partial charge is 0.326 e. The fraction of sp³-hybridized carbons (Fsp3) is 0.667. The first kappa shape index (κ1) is 15.9. The quantitative estimate of drug-likeness (QED) is 0.666. The van der Waals surface area contributed by atoms with Crippen LogP contribution in [0.2, 0.25) is 0 Å². The van der Waals surface area contributed by atoms with Crippen LogP contribution in [0.15, 0.2) is 0 Å². The first-order valence-electron chi connectivity index (χ1n) is 6.43. The molecule has 1 atom stereocenters. The lowest BCUT2D eigenvalue weighted by Crippen LogP contribution is -2.54. The summed E-state index contributed by atoms with van der Waals surface area (Å²) in [5.41, 5.74) is 0. The van der Waals surface area contributed by atoms with Crippen LogP contribution in [0.25, 0.3) is 0 Å². The Morgan fingerprint density at radius 2 is 1.85 bits per heavy atom. The lowest BCUT2D eigenvalue weighted by Gasteiger charge is -2.33. The van der Waals surface area contributed by atoms with E-state index in [9.17, 15) is 19.2 Å². The van der Waals surface area contributed by atoms with Crippen LogP contribution in [0, 0.1) is 0 Å². The second kappa shape index (κ2) is 6.88.